The quantitative estimate of drug-likeness (QED) is 0.682. The van der Waals surface area contributed by atoms with E-state index in [1.165, 1.54) is 19.3 Å². The number of benzene rings is 1. The molecule has 0 amide bonds. The van der Waals surface area contributed by atoms with Crippen LogP contribution in [0.15, 0.2) is 12.1 Å². The average Bonchev–Trinajstić information content (AvgIpc) is 2.81. The monoisotopic (exact) mass is 280 g/mol. The van der Waals surface area contributed by atoms with E-state index in [4.69, 9.17) is 0 Å². The molecule has 106 valence electrons. The number of hydrogen-bond donors (Lipinski definition) is 1. The summed E-state index contributed by atoms with van der Waals surface area (Å²) in [6.45, 7) is 0. The van der Waals surface area contributed by atoms with Crippen molar-refractivity contribution in [3.63, 3.8) is 0 Å². The highest BCUT2D eigenvalue weighted by molar-refractivity contribution is 5.64. The number of nitrogens with zero attached hydrogens (tertiary/aromatic N) is 1. The van der Waals surface area contributed by atoms with Crippen molar-refractivity contribution in [3.05, 3.63) is 33.9 Å². The van der Waals surface area contributed by atoms with E-state index in [1.807, 2.05) is 0 Å². The van der Waals surface area contributed by atoms with Gasteiger partial charge in [0.05, 0.1) is 4.92 Å². The minimum Gasteiger partial charge on any atom is -0.374 e. The zero-order chi connectivity index (χ0) is 14.0. The Balaban J connectivity index is 1.63. The van der Waals surface area contributed by atoms with E-state index < -0.39 is 16.6 Å². The number of nitro groups is 1. The van der Waals surface area contributed by atoms with Crippen LogP contribution in [0.5, 0.6) is 0 Å². The molecular weight excluding hydrogens is 266 g/mol. The Hall–Kier alpha value is -1.72. The van der Waals surface area contributed by atoms with Crippen LogP contribution in [-0.4, -0.2) is 11.0 Å². The zero-order valence-electron chi connectivity index (χ0n) is 10.7. The number of nitrogens with one attached hydrogen (secondary N) is 1. The molecule has 0 radical (unpaired) electrons. The van der Waals surface area contributed by atoms with Gasteiger partial charge in [-0.1, -0.05) is 0 Å². The third-order valence-electron chi connectivity index (χ3n) is 5.32. The highest BCUT2D eigenvalue weighted by Gasteiger charge is 2.65. The topological polar surface area (TPSA) is 55.2 Å². The highest BCUT2D eigenvalue weighted by atomic mass is 19.2. The molecule has 0 spiro atoms. The van der Waals surface area contributed by atoms with E-state index in [-0.39, 0.29) is 17.4 Å². The van der Waals surface area contributed by atoms with Crippen LogP contribution in [0.3, 0.4) is 0 Å². The molecule has 4 nitrogen and oxygen atoms in total. The van der Waals surface area contributed by atoms with Gasteiger partial charge in [0, 0.05) is 12.1 Å². The van der Waals surface area contributed by atoms with E-state index >= 15 is 0 Å². The van der Waals surface area contributed by atoms with Crippen molar-refractivity contribution in [1.29, 1.82) is 0 Å². The smallest absolute Gasteiger partial charge is 0.295 e. The summed E-state index contributed by atoms with van der Waals surface area (Å²) in [4.78, 5) is 10.3. The van der Waals surface area contributed by atoms with Crippen LogP contribution < -0.4 is 5.32 Å². The molecule has 0 aliphatic heterocycles. The summed E-state index contributed by atoms with van der Waals surface area (Å²) >= 11 is 0. The van der Waals surface area contributed by atoms with Gasteiger partial charge in [-0.3, -0.25) is 10.1 Å². The van der Waals surface area contributed by atoms with Crippen LogP contribution >= 0.6 is 0 Å². The highest BCUT2D eigenvalue weighted by Crippen LogP contribution is 2.66. The molecule has 6 heteroatoms. The van der Waals surface area contributed by atoms with Gasteiger partial charge >= 0.3 is 0 Å². The lowest BCUT2D eigenvalue weighted by Gasteiger charge is -2.12. The summed E-state index contributed by atoms with van der Waals surface area (Å²) in [6, 6.07) is 1.90. The van der Waals surface area contributed by atoms with Crippen molar-refractivity contribution in [3.8, 4) is 0 Å². The maximum absolute atomic E-state index is 13.9. The molecule has 1 aromatic carbocycles. The lowest BCUT2D eigenvalue weighted by atomic mass is 10.0. The minimum absolute atomic E-state index is 0.0799. The molecule has 4 rings (SSSR count). The van der Waals surface area contributed by atoms with Gasteiger partial charge in [-0.15, -0.1) is 0 Å². The molecular formula is C14H14F2N2O2. The summed E-state index contributed by atoms with van der Waals surface area (Å²) in [6.07, 6.45) is 3.65. The normalized spacial score (nSPS) is 36.8. The first-order valence-electron chi connectivity index (χ1n) is 6.97. The van der Waals surface area contributed by atoms with E-state index in [9.17, 15) is 18.9 Å². The Kier molecular flexibility index (Phi) is 2.35. The van der Waals surface area contributed by atoms with Gasteiger partial charge in [-0.2, -0.15) is 0 Å². The number of halogens is 2. The fourth-order valence-corrected chi connectivity index (χ4v) is 4.52. The summed E-state index contributed by atoms with van der Waals surface area (Å²) in [7, 11) is 0. The number of nitro benzene ring substituents is 1. The van der Waals surface area contributed by atoms with Gasteiger partial charge in [0.15, 0.2) is 17.3 Å². The Morgan fingerprint density at radius 2 is 1.85 bits per heavy atom. The zero-order valence-corrected chi connectivity index (χ0v) is 10.7. The molecule has 20 heavy (non-hydrogen) atoms. The SMILES string of the molecule is O=[N+]([O-])c1ccc(F)c(F)c1NC1C2C3CCC(C3)C12. The molecule has 1 N–H and O–H groups in total. The fraction of sp³-hybridized carbons (Fsp3) is 0.571. The Morgan fingerprint density at radius 3 is 2.45 bits per heavy atom. The van der Waals surface area contributed by atoms with Crippen molar-refractivity contribution in [2.75, 3.05) is 5.32 Å². The predicted octanol–water partition coefficient (Wildman–Crippen LogP) is 3.33. The summed E-state index contributed by atoms with van der Waals surface area (Å²) in [5.74, 6) is 0.131. The van der Waals surface area contributed by atoms with Crippen LogP contribution in [0.2, 0.25) is 0 Å². The minimum atomic E-state index is -1.14. The number of fused-ring (bicyclic) bond motifs is 5. The van der Waals surface area contributed by atoms with Crippen molar-refractivity contribution < 1.29 is 13.7 Å². The first-order valence-corrected chi connectivity index (χ1v) is 6.97. The third kappa shape index (κ3) is 1.50. The van der Waals surface area contributed by atoms with Crippen molar-refractivity contribution >= 4 is 11.4 Å². The number of anilines is 1. The molecule has 0 saturated heterocycles. The average molecular weight is 280 g/mol. The first kappa shape index (κ1) is 12.1. The summed E-state index contributed by atoms with van der Waals surface area (Å²) in [5.41, 5.74) is -0.671. The molecule has 0 heterocycles. The molecule has 3 aliphatic carbocycles. The largest absolute Gasteiger partial charge is 0.374 e. The van der Waals surface area contributed by atoms with Gasteiger partial charge in [0.1, 0.15) is 0 Å². The third-order valence-corrected chi connectivity index (χ3v) is 5.32. The molecule has 1 aromatic rings. The molecule has 4 unspecified atom stereocenters. The maximum Gasteiger partial charge on any atom is 0.295 e. The molecule has 2 bridgehead atoms. The van der Waals surface area contributed by atoms with Crippen molar-refractivity contribution in [1.82, 2.24) is 0 Å². The molecule has 4 atom stereocenters. The van der Waals surface area contributed by atoms with E-state index in [2.05, 4.69) is 5.32 Å². The summed E-state index contributed by atoms with van der Waals surface area (Å²) in [5, 5.41) is 13.9. The van der Waals surface area contributed by atoms with Crippen LogP contribution in [-0.2, 0) is 0 Å². The fourth-order valence-electron chi connectivity index (χ4n) is 4.52. The molecule has 0 aromatic heterocycles. The first-order chi connectivity index (χ1) is 9.58. The van der Waals surface area contributed by atoms with Gasteiger partial charge in [0.25, 0.3) is 5.69 Å². The molecule has 3 fully saturated rings. The lowest BCUT2D eigenvalue weighted by molar-refractivity contribution is -0.384. The standard InChI is InChI=1S/C14H14F2N2O2/c15-8-3-4-9(18(19)20)13(12(8)16)17-14-10-6-1-2-7(5-6)11(10)14/h3-4,6-7,10-11,14,17H,1-2,5H2. The van der Waals surface area contributed by atoms with Crippen molar-refractivity contribution in [2.45, 2.75) is 25.3 Å². The van der Waals surface area contributed by atoms with E-state index in [0.717, 1.165) is 12.1 Å². The second-order valence-corrected chi connectivity index (χ2v) is 6.17. The number of hydrogen-bond acceptors (Lipinski definition) is 3. The van der Waals surface area contributed by atoms with Gasteiger partial charge in [0.2, 0.25) is 0 Å². The Bertz CT molecular complexity index is 591. The molecule has 3 saturated carbocycles. The van der Waals surface area contributed by atoms with E-state index in [0.29, 0.717) is 23.7 Å². The van der Waals surface area contributed by atoms with Crippen LogP contribution in [0.4, 0.5) is 20.2 Å². The number of rotatable bonds is 3. The van der Waals surface area contributed by atoms with Gasteiger partial charge in [-0.25, -0.2) is 8.78 Å². The van der Waals surface area contributed by atoms with Gasteiger partial charge < -0.3 is 5.32 Å². The Morgan fingerprint density at radius 1 is 1.20 bits per heavy atom. The second kappa shape index (κ2) is 3.90. The maximum atomic E-state index is 13.9. The lowest BCUT2D eigenvalue weighted by Crippen LogP contribution is -2.15. The molecule has 3 aliphatic rings. The van der Waals surface area contributed by atoms with Crippen LogP contribution in [0.25, 0.3) is 0 Å². The predicted molar refractivity (Wildman–Crippen MR) is 68.2 cm³/mol. The van der Waals surface area contributed by atoms with Crippen LogP contribution in [0.1, 0.15) is 19.3 Å². The Labute approximate surface area is 114 Å². The van der Waals surface area contributed by atoms with Gasteiger partial charge in [-0.05, 0) is 49.0 Å². The summed E-state index contributed by atoms with van der Waals surface area (Å²) < 4.78 is 27.2. The van der Waals surface area contributed by atoms with E-state index in [1.54, 1.807) is 0 Å². The van der Waals surface area contributed by atoms with Crippen LogP contribution in [0, 0.1) is 45.4 Å². The second-order valence-electron chi connectivity index (χ2n) is 6.17. The van der Waals surface area contributed by atoms with Crippen molar-refractivity contribution in [2.24, 2.45) is 23.7 Å².